The highest BCUT2D eigenvalue weighted by molar-refractivity contribution is 5.80. The molecular weight excluding hydrogens is 564 g/mol. The lowest BCUT2D eigenvalue weighted by atomic mass is 9.98. The van der Waals surface area contributed by atoms with Crippen molar-refractivity contribution in [1.82, 2.24) is 39.3 Å². The van der Waals surface area contributed by atoms with Crippen LogP contribution in [0.15, 0.2) is 88.5 Å². The summed E-state index contributed by atoms with van der Waals surface area (Å²) < 4.78 is 5.24. The number of imidazole rings is 1. The highest BCUT2D eigenvalue weighted by atomic mass is 16.2. The maximum atomic E-state index is 14.2. The van der Waals surface area contributed by atoms with E-state index < -0.39 is 0 Å². The molecule has 10 nitrogen and oxygen atoms in total. The van der Waals surface area contributed by atoms with Crippen molar-refractivity contribution in [1.29, 1.82) is 0 Å². The third-order valence-electron chi connectivity index (χ3n) is 8.82. The molecule has 1 aliphatic carbocycles. The number of hydrogen-bond acceptors (Lipinski definition) is 6. The Hall–Kier alpha value is -5.12. The molecule has 6 aromatic rings. The molecule has 3 heterocycles. The van der Waals surface area contributed by atoms with Gasteiger partial charge in [-0.1, -0.05) is 92.2 Å². The van der Waals surface area contributed by atoms with Gasteiger partial charge in [0.15, 0.2) is 11.2 Å². The molecule has 7 rings (SSSR count). The van der Waals surface area contributed by atoms with Crippen LogP contribution in [0.4, 0.5) is 0 Å². The van der Waals surface area contributed by atoms with E-state index in [1.165, 1.54) is 4.57 Å². The summed E-state index contributed by atoms with van der Waals surface area (Å²) >= 11 is 0. The molecule has 3 aromatic heterocycles. The van der Waals surface area contributed by atoms with E-state index in [9.17, 15) is 9.59 Å². The molecule has 45 heavy (non-hydrogen) atoms. The number of aryl methyl sites for hydroxylation is 1. The molecule has 0 amide bonds. The lowest BCUT2D eigenvalue weighted by Crippen LogP contribution is -2.42. The fourth-order valence-corrected chi connectivity index (χ4v) is 6.12. The Morgan fingerprint density at radius 2 is 1.64 bits per heavy atom. The first-order valence-electron chi connectivity index (χ1n) is 15.7. The molecule has 0 spiro atoms. The Bertz CT molecular complexity index is 2050. The average Bonchev–Trinajstić information content (AvgIpc) is 3.59. The Morgan fingerprint density at radius 1 is 0.911 bits per heavy atom. The quantitative estimate of drug-likeness (QED) is 0.206. The van der Waals surface area contributed by atoms with Crippen LogP contribution in [0, 0.1) is 5.92 Å². The van der Waals surface area contributed by atoms with Gasteiger partial charge in [-0.05, 0) is 59.6 Å². The second kappa shape index (κ2) is 12.1. The summed E-state index contributed by atoms with van der Waals surface area (Å²) in [5.74, 6) is 1.73. The third-order valence-corrected chi connectivity index (χ3v) is 8.82. The summed E-state index contributed by atoms with van der Waals surface area (Å²) in [7, 11) is 0. The van der Waals surface area contributed by atoms with Gasteiger partial charge >= 0.3 is 5.69 Å². The molecule has 1 N–H and O–H groups in total. The van der Waals surface area contributed by atoms with E-state index in [-0.39, 0.29) is 17.3 Å². The van der Waals surface area contributed by atoms with Gasteiger partial charge in [-0.3, -0.25) is 13.9 Å². The summed E-state index contributed by atoms with van der Waals surface area (Å²) in [5, 5.41) is 14.6. The van der Waals surface area contributed by atoms with Gasteiger partial charge in [-0.25, -0.2) is 9.78 Å². The molecular formula is C35H36N8O2. The van der Waals surface area contributed by atoms with Gasteiger partial charge in [0, 0.05) is 25.1 Å². The van der Waals surface area contributed by atoms with Gasteiger partial charge in [0.25, 0.3) is 5.56 Å². The highest BCUT2D eigenvalue weighted by Crippen LogP contribution is 2.31. The van der Waals surface area contributed by atoms with E-state index in [2.05, 4.69) is 51.8 Å². The number of H-pyrrole nitrogens is 1. The van der Waals surface area contributed by atoms with Crippen LogP contribution >= 0.6 is 0 Å². The van der Waals surface area contributed by atoms with Crippen LogP contribution in [-0.4, -0.2) is 39.3 Å². The lowest BCUT2D eigenvalue weighted by Gasteiger charge is -2.18. The predicted octanol–water partition coefficient (Wildman–Crippen LogP) is 5.62. The largest absolute Gasteiger partial charge is 0.333 e. The maximum Gasteiger partial charge on any atom is 0.333 e. The van der Waals surface area contributed by atoms with Crippen molar-refractivity contribution < 1.29 is 0 Å². The number of nitrogens with zero attached hydrogens (tertiary/aromatic N) is 7. The first kappa shape index (κ1) is 28.6. The van der Waals surface area contributed by atoms with Gasteiger partial charge in [0.1, 0.15) is 5.82 Å². The van der Waals surface area contributed by atoms with E-state index >= 15 is 0 Å². The van der Waals surface area contributed by atoms with Crippen LogP contribution in [0.1, 0.15) is 62.5 Å². The summed E-state index contributed by atoms with van der Waals surface area (Å²) in [6.07, 6.45) is 4.74. The number of fused-ring (bicyclic) bond motifs is 1. The number of benzene rings is 3. The fourth-order valence-electron chi connectivity index (χ4n) is 6.12. The third kappa shape index (κ3) is 5.52. The Morgan fingerprint density at radius 3 is 2.33 bits per heavy atom. The standard InChI is InChI=1S/C35H36N8O2/c1-3-4-14-30-36-33-31(34(44)42(22-24-15-16-24)35(45)43(33)23(2)26-10-6-5-7-11-26)41(30)21-25-17-19-27(20-18-25)28-12-8-9-13-29(28)32-37-39-40-38-32/h5-13,17-20,23-24H,3-4,14-16,21-22H2,1-2H3,(H,37,38,39,40). The van der Waals surface area contributed by atoms with Crippen LogP contribution < -0.4 is 11.2 Å². The van der Waals surface area contributed by atoms with E-state index in [0.717, 1.165) is 65.7 Å². The Labute approximate surface area is 260 Å². The molecule has 1 unspecified atom stereocenters. The van der Waals surface area contributed by atoms with Crippen LogP contribution in [0.5, 0.6) is 0 Å². The first-order chi connectivity index (χ1) is 22.0. The van der Waals surface area contributed by atoms with Crippen molar-refractivity contribution >= 4 is 11.2 Å². The van der Waals surface area contributed by atoms with Crippen molar-refractivity contribution in [3.05, 3.63) is 117 Å². The van der Waals surface area contributed by atoms with E-state index in [4.69, 9.17) is 4.98 Å². The number of aromatic amines is 1. The second-order valence-electron chi connectivity index (χ2n) is 12.0. The number of tetrazole rings is 1. The molecule has 228 valence electrons. The minimum Gasteiger partial charge on any atom is -0.318 e. The van der Waals surface area contributed by atoms with Crippen LogP contribution in [0.3, 0.4) is 0 Å². The molecule has 1 saturated carbocycles. The summed E-state index contributed by atoms with van der Waals surface area (Å²) in [5.41, 5.74) is 5.38. The van der Waals surface area contributed by atoms with E-state index in [0.29, 0.717) is 36.0 Å². The number of aromatic nitrogens is 8. The van der Waals surface area contributed by atoms with Crippen molar-refractivity contribution in [2.45, 2.75) is 65.1 Å². The molecule has 0 radical (unpaired) electrons. The number of nitrogens with one attached hydrogen (secondary N) is 1. The van der Waals surface area contributed by atoms with E-state index in [1.807, 2.05) is 66.1 Å². The molecule has 1 aliphatic rings. The zero-order chi connectivity index (χ0) is 30.9. The van der Waals surface area contributed by atoms with Gasteiger partial charge in [-0.2, -0.15) is 5.21 Å². The molecule has 0 saturated heterocycles. The molecule has 1 atom stereocenters. The minimum absolute atomic E-state index is 0.251. The van der Waals surface area contributed by atoms with E-state index in [1.54, 1.807) is 4.57 Å². The average molecular weight is 601 g/mol. The Kier molecular flexibility index (Phi) is 7.71. The maximum absolute atomic E-state index is 14.2. The first-order valence-corrected chi connectivity index (χ1v) is 15.7. The Balaban J connectivity index is 1.34. The van der Waals surface area contributed by atoms with Gasteiger partial charge in [0.05, 0.1) is 6.04 Å². The van der Waals surface area contributed by atoms with Crippen molar-refractivity contribution in [3.63, 3.8) is 0 Å². The lowest BCUT2D eigenvalue weighted by molar-refractivity contribution is 0.517. The number of rotatable bonds is 11. The molecule has 1 fully saturated rings. The second-order valence-corrected chi connectivity index (χ2v) is 12.0. The fraction of sp³-hybridized carbons (Fsp3) is 0.314. The highest BCUT2D eigenvalue weighted by Gasteiger charge is 2.28. The topological polar surface area (TPSA) is 116 Å². The van der Waals surface area contributed by atoms with Gasteiger partial charge in [0.2, 0.25) is 5.82 Å². The molecule has 0 aliphatic heterocycles. The smallest absolute Gasteiger partial charge is 0.318 e. The van der Waals surface area contributed by atoms with Crippen molar-refractivity contribution in [2.24, 2.45) is 5.92 Å². The van der Waals surface area contributed by atoms with Crippen LogP contribution in [0.25, 0.3) is 33.7 Å². The van der Waals surface area contributed by atoms with Gasteiger partial charge in [-0.15, -0.1) is 10.2 Å². The summed E-state index contributed by atoms with van der Waals surface area (Å²) in [6.45, 7) is 5.07. The molecule has 0 bridgehead atoms. The van der Waals surface area contributed by atoms with Crippen LogP contribution in [0.2, 0.25) is 0 Å². The molecule has 3 aromatic carbocycles. The minimum atomic E-state index is -0.285. The summed E-state index contributed by atoms with van der Waals surface area (Å²) in [6, 6.07) is 26.0. The summed E-state index contributed by atoms with van der Waals surface area (Å²) in [4.78, 5) is 33.2. The SMILES string of the molecule is CCCCc1nc2c(c(=O)n(CC3CC3)c(=O)n2C(C)c2ccccc2)n1Cc1ccc(-c2ccccc2-c2nn[nH]n2)cc1. The van der Waals surface area contributed by atoms with Gasteiger partial charge < -0.3 is 4.57 Å². The molecule has 10 heteroatoms. The number of unbranched alkanes of at least 4 members (excludes halogenated alkanes) is 1. The normalized spacial score (nSPS) is 13.8. The van der Waals surface area contributed by atoms with Crippen molar-refractivity contribution in [3.8, 4) is 22.5 Å². The monoisotopic (exact) mass is 600 g/mol. The van der Waals surface area contributed by atoms with Crippen LogP contribution in [-0.2, 0) is 19.5 Å². The zero-order valence-corrected chi connectivity index (χ0v) is 25.6. The zero-order valence-electron chi connectivity index (χ0n) is 25.6. The van der Waals surface area contributed by atoms with Crippen molar-refractivity contribution in [2.75, 3.05) is 0 Å². The predicted molar refractivity (Wildman–Crippen MR) is 174 cm³/mol. The number of hydrogen-bond donors (Lipinski definition) is 1.